The third kappa shape index (κ3) is 9.79. The lowest BCUT2D eigenvalue weighted by Crippen LogP contribution is -2.43. The number of fused-ring (bicyclic) bond motifs is 1. The molecule has 0 saturated heterocycles. The maximum atomic E-state index is 15.4. The number of tetrazole rings is 1. The van der Waals surface area contributed by atoms with Crippen molar-refractivity contribution >= 4 is 52.7 Å². The highest BCUT2D eigenvalue weighted by molar-refractivity contribution is 6.31. The Morgan fingerprint density at radius 2 is 1.79 bits per heavy atom. The molecule has 3 aromatic carbocycles. The van der Waals surface area contributed by atoms with Crippen molar-refractivity contribution in [2.45, 2.75) is 51.0 Å². The van der Waals surface area contributed by atoms with E-state index < -0.39 is 35.6 Å². The van der Waals surface area contributed by atoms with E-state index in [-0.39, 0.29) is 59.3 Å². The van der Waals surface area contributed by atoms with E-state index in [0.717, 1.165) is 16.7 Å². The fraction of sp³-hybridized carbons (Fsp3) is 0.333. The molecular formula is C42H43ClFN7O7. The van der Waals surface area contributed by atoms with Crippen LogP contribution in [-0.4, -0.2) is 102 Å². The van der Waals surface area contributed by atoms with Gasteiger partial charge >= 0.3 is 11.9 Å². The first-order chi connectivity index (χ1) is 27.9. The van der Waals surface area contributed by atoms with Crippen molar-refractivity contribution in [2.75, 3.05) is 32.7 Å². The second-order valence-corrected chi connectivity index (χ2v) is 14.8. The van der Waals surface area contributed by atoms with Crippen LogP contribution in [0.4, 0.5) is 4.39 Å². The molecule has 0 spiro atoms. The zero-order chi connectivity index (χ0) is 41.3. The van der Waals surface area contributed by atoms with Gasteiger partial charge in [0.05, 0.1) is 28.7 Å². The topological polar surface area (TPSA) is 202 Å². The highest BCUT2D eigenvalue weighted by Crippen LogP contribution is 2.37. The standard InChI is InChI=1S/C42H43ClFN7O7/c43-35-12-13-36(51-25-46-47-48-51)34(39(35)44)11-14-38(54)50-21-17-32-31(5-3-6-33(32)40(50)37(53)22-26-7-9-28(10-8-26)41(55)56)27-15-19-49(20-16-27)24-30(52)23-29(42(57)58)4-1-2-18-45/h3,5-15,25,29,40H,1-2,4,16-24,45H2,(H,55,56)(H,57,58)/b14-11+/t29-,40?/m1/s1. The average molecular weight is 812 g/mol. The maximum Gasteiger partial charge on any atom is 0.335 e. The molecule has 0 fully saturated rings. The largest absolute Gasteiger partial charge is 0.481 e. The molecule has 16 heteroatoms. The number of carbonyl (C=O) groups excluding carboxylic acids is 3. The second-order valence-electron chi connectivity index (χ2n) is 14.4. The average Bonchev–Trinajstić information content (AvgIpc) is 3.76. The summed E-state index contributed by atoms with van der Waals surface area (Å²) in [5.74, 6) is -4.56. The van der Waals surface area contributed by atoms with Gasteiger partial charge in [0.1, 0.15) is 18.2 Å². The van der Waals surface area contributed by atoms with Crippen LogP contribution in [0.25, 0.3) is 17.3 Å². The number of benzene rings is 3. The first-order valence-electron chi connectivity index (χ1n) is 19.0. The molecule has 0 saturated carbocycles. The third-order valence-electron chi connectivity index (χ3n) is 10.6. The van der Waals surface area contributed by atoms with E-state index in [1.165, 1.54) is 52.3 Å². The number of rotatable bonds is 17. The Labute approximate surface area is 338 Å². The molecule has 1 amide bonds. The molecule has 302 valence electrons. The normalized spacial score (nSPS) is 16.2. The van der Waals surface area contributed by atoms with Gasteiger partial charge in [-0.3, -0.25) is 24.1 Å². The number of aliphatic carboxylic acids is 1. The number of nitrogens with zero attached hydrogens (tertiary/aromatic N) is 6. The zero-order valence-corrected chi connectivity index (χ0v) is 32.4. The van der Waals surface area contributed by atoms with Gasteiger partial charge in [-0.05, 0) is 101 Å². The van der Waals surface area contributed by atoms with Crippen molar-refractivity contribution in [1.82, 2.24) is 30.0 Å². The van der Waals surface area contributed by atoms with Crippen molar-refractivity contribution < 1.29 is 38.6 Å². The van der Waals surface area contributed by atoms with E-state index >= 15 is 4.39 Å². The first-order valence-corrected chi connectivity index (χ1v) is 19.4. The number of ketones is 2. The molecule has 3 heterocycles. The van der Waals surface area contributed by atoms with E-state index in [4.69, 9.17) is 17.3 Å². The number of aromatic carboxylic acids is 1. The molecule has 2 aliphatic rings. The predicted octanol–water partition coefficient (Wildman–Crippen LogP) is 4.98. The van der Waals surface area contributed by atoms with E-state index in [9.17, 15) is 34.2 Å². The summed E-state index contributed by atoms with van der Waals surface area (Å²) in [6.07, 6.45) is 8.48. The number of carboxylic acid groups (broad SMARTS) is 2. The van der Waals surface area contributed by atoms with Crippen molar-refractivity contribution in [3.05, 3.63) is 117 Å². The van der Waals surface area contributed by atoms with Crippen molar-refractivity contribution in [2.24, 2.45) is 11.7 Å². The van der Waals surface area contributed by atoms with E-state index in [1.54, 1.807) is 12.1 Å². The van der Waals surface area contributed by atoms with Crippen LogP contribution in [-0.2, 0) is 32.0 Å². The van der Waals surface area contributed by atoms with Gasteiger partial charge in [0.2, 0.25) is 5.91 Å². The summed E-state index contributed by atoms with van der Waals surface area (Å²) < 4.78 is 16.6. The smallest absolute Gasteiger partial charge is 0.335 e. The number of aromatic nitrogens is 4. The Bertz CT molecular complexity index is 2240. The van der Waals surface area contributed by atoms with Gasteiger partial charge in [-0.15, -0.1) is 5.10 Å². The number of hydrogen-bond acceptors (Lipinski definition) is 10. The summed E-state index contributed by atoms with van der Waals surface area (Å²) in [7, 11) is 0. The van der Waals surface area contributed by atoms with Crippen LogP contribution in [0.1, 0.15) is 76.3 Å². The van der Waals surface area contributed by atoms with E-state index in [2.05, 4.69) is 15.5 Å². The molecule has 6 rings (SSSR count). The summed E-state index contributed by atoms with van der Waals surface area (Å²) in [4.78, 5) is 68.0. The minimum atomic E-state index is -1.10. The van der Waals surface area contributed by atoms with Crippen LogP contribution in [0.15, 0.2) is 73.1 Å². The molecule has 1 unspecified atom stereocenters. The van der Waals surface area contributed by atoms with Gasteiger partial charge in [0.15, 0.2) is 11.6 Å². The number of Topliss-reactive ketones (excluding diaryl/α,β-unsaturated/α-hetero) is 2. The first kappa shape index (κ1) is 41.7. The molecule has 58 heavy (non-hydrogen) atoms. The lowest BCUT2D eigenvalue weighted by molar-refractivity contribution is -0.144. The second kappa shape index (κ2) is 19.0. The number of hydrogen-bond donors (Lipinski definition) is 3. The molecular weight excluding hydrogens is 769 g/mol. The fourth-order valence-electron chi connectivity index (χ4n) is 7.59. The van der Waals surface area contributed by atoms with Gasteiger partial charge in [0, 0.05) is 44.1 Å². The molecule has 4 aromatic rings. The minimum absolute atomic E-state index is 0.0292. The molecule has 0 aliphatic carbocycles. The number of unbranched alkanes of at least 4 members (excludes halogenated alkanes) is 1. The van der Waals surface area contributed by atoms with Crippen LogP contribution >= 0.6 is 11.6 Å². The number of nitrogens with two attached hydrogens (primary N) is 1. The van der Waals surface area contributed by atoms with Crippen LogP contribution in [0.3, 0.4) is 0 Å². The molecule has 2 atom stereocenters. The Morgan fingerprint density at radius 1 is 1.00 bits per heavy atom. The Balaban J connectivity index is 1.26. The van der Waals surface area contributed by atoms with Crippen LogP contribution < -0.4 is 5.73 Å². The van der Waals surface area contributed by atoms with Crippen LogP contribution in [0.5, 0.6) is 0 Å². The molecule has 14 nitrogen and oxygen atoms in total. The fourth-order valence-corrected chi connectivity index (χ4v) is 7.76. The van der Waals surface area contributed by atoms with Gasteiger partial charge in [-0.25, -0.2) is 9.18 Å². The SMILES string of the molecule is NCCCC[C@H](CC(=O)CN1CC=C(c2cccc3c2CCN(C(=O)/C=C/c2c(-n4cnnn4)ccc(Cl)c2F)C3C(=O)Cc2ccc(C(=O)O)cc2)CC1)C(=O)O. The number of carbonyl (C=O) groups is 5. The Kier molecular flexibility index (Phi) is 13.7. The van der Waals surface area contributed by atoms with Gasteiger partial charge < -0.3 is 20.8 Å². The summed E-state index contributed by atoms with van der Waals surface area (Å²) in [6.45, 7) is 1.84. The number of halogens is 2. The highest BCUT2D eigenvalue weighted by Gasteiger charge is 2.36. The van der Waals surface area contributed by atoms with Crippen molar-refractivity contribution in [3.63, 3.8) is 0 Å². The van der Waals surface area contributed by atoms with E-state index in [1.807, 2.05) is 29.2 Å². The van der Waals surface area contributed by atoms with Crippen molar-refractivity contribution in [1.29, 1.82) is 0 Å². The lowest BCUT2D eigenvalue weighted by Gasteiger charge is -2.37. The van der Waals surface area contributed by atoms with Gasteiger partial charge in [-0.1, -0.05) is 54.4 Å². The monoisotopic (exact) mass is 811 g/mol. The molecule has 2 aliphatic heterocycles. The maximum absolute atomic E-state index is 15.4. The Hall–Kier alpha value is -5.90. The van der Waals surface area contributed by atoms with Crippen LogP contribution in [0, 0.1) is 11.7 Å². The highest BCUT2D eigenvalue weighted by atomic mass is 35.5. The lowest BCUT2D eigenvalue weighted by atomic mass is 9.82. The quantitative estimate of drug-likeness (QED) is 0.0955. The minimum Gasteiger partial charge on any atom is -0.481 e. The van der Waals surface area contributed by atoms with E-state index in [0.29, 0.717) is 62.9 Å². The Morgan fingerprint density at radius 3 is 2.47 bits per heavy atom. The number of carboxylic acids is 2. The predicted molar refractivity (Wildman–Crippen MR) is 213 cm³/mol. The summed E-state index contributed by atoms with van der Waals surface area (Å²) in [5.41, 5.74) is 9.94. The molecule has 0 bridgehead atoms. The zero-order valence-electron chi connectivity index (χ0n) is 31.6. The summed E-state index contributed by atoms with van der Waals surface area (Å²) in [5, 5.41) is 29.9. The van der Waals surface area contributed by atoms with Gasteiger partial charge in [-0.2, -0.15) is 4.68 Å². The molecule has 1 aromatic heterocycles. The number of amides is 1. The molecule has 0 radical (unpaired) electrons. The summed E-state index contributed by atoms with van der Waals surface area (Å²) >= 11 is 6.11. The van der Waals surface area contributed by atoms with Gasteiger partial charge in [0.25, 0.3) is 0 Å². The summed E-state index contributed by atoms with van der Waals surface area (Å²) in [6, 6.07) is 13.5. The van der Waals surface area contributed by atoms with Crippen LogP contribution in [0.2, 0.25) is 5.02 Å². The molecule has 4 N–H and O–H groups in total. The van der Waals surface area contributed by atoms with Crippen molar-refractivity contribution in [3.8, 4) is 5.69 Å². The third-order valence-corrected chi connectivity index (χ3v) is 10.8.